The molecule has 1 aromatic carbocycles. The van der Waals surface area contributed by atoms with Crippen molar-refractivity contribution in [3.05, 3.63) is 59.9 Å². The van der Waals surface area contributed by atoms with Gasteiger partial charge in [0.05, 0.1) is 4.90 Å². The van der Waals surface area contributed by atoms with Gasteiger partial charge in [0.2, 0.25) is 5.91 Å². The van der Waals surface area contributed by atoms with Crippen molar-refractivity contribution in [1.82, 2.24) is 14.6 Å². The SMILES string of the molecule is CC(C)CC(N=C1NS(=O)(=O)c2ccccc21)C(=O)N(C)CCc1ccccn1. The molecule has 8 heteroatoms. The number of fused-ring (bicyclic) bond motifs is 1. The fourth-order valence-corrected chi connectivity index (χ4v) is 4.47. The number of carbonyl (C=O) groups excluding carboxylic acids is 1. The molecule has 2 aromatic rings. The van der Waals surface area contributed by atoms with Gasteiger partial charge in [-0.3, -0.25) is 19.5 Å². The molecule has 1 N–H and O–H groups in total. The number of hydrogen-bond donors (Lipinski definition) is 1. The van der Waals surface area contributed by atoms with Crippen LogP contribution in [-0.2, 0) is 21.2 Å². The van der Waals surface area contributed by atoms with Crippen LogP contribution in [0.1, 0.15) is 31.5 Å². The molecule has 1 aliphatic rings. The smallest absolute Gasteiger partial charge is 0.263 e. The van der Waals surface area contributed by atoms with E-state index in [-0.39, 0.29) is 22.6 Å². The zero-order valence-electron chi connectivity index (χ0n) is 16.9. The first-order chi connectivity index (χ1) is 13.8. The van der Waals surface area contributed by atoms with Crippen molar-refractivity contribution in [2.24, 2.45) is 10.9 Å². The van der Waals surface area contributed by atoms with Crippen LogP contribution in [0.4, 0.5) is 0 Å². The number of likely N-dealkylation sites (N-methyl/N-ethyl adjacent to an activating group) is 1. The van der Waals surface area contributed by atoms with Crippen molar-refractivity contribution < 1.29 is 13.2 Å². The van der Waals surface area contributed by atoms with E-state index in [0.717, 1.165) is 5.69 Å². The molecule has 7 nitrogen and oxygen atoms in total. The molecule has 154 valence electrons. The lowest BCUT2D eigenvalue weighted by molar-refractivity contribution is -0.131. The van der Waals surface area contributed by atoms with E-state index < -0.39 is 16.1 Å². The highest BCUT2D eigenvalue weighted by molar-refractivity contribution is 7.90. The number of aliphatic imine (C=N–C) groups is 1. The average Bonchev–Trinajstić information content (AvgIpc) is 2.96. The average molecular weight is 415 g/mol. The van der Waals surface area contributed by atoms with E-state index in [1.165, 1.54) is 0 Å². The highest BCUT2D eigenvalue weighted by Gasteiger charge is 2.32. The van der Waals surface area contributed by atoms with Gasteiger partial charge in [-0.15, -0.1) is 0 Å². The first kappa shape index (κ1) is 21.0. The summed E-state index contributed by atoms with van der Waals surface area (Å²) in [6, 6.07) is 11.7. The molecule has 2 heterocycles. The number of hydrogen-bond acceptors (Lipinski definition) is 5. The first-order valence-electron chi connectivity index (χ1n) is 9.63. The number of pyridine rings is 1. The number of amidine groups is 1. The van der Waals surface area contributed by atoms with E-state index >= 15 is 0 Å². The first-order valence-corrected chi connectivity index (χ1v) is 11.1. The predicted octanol–water partition coefficient (Wildman–Crippen LogP) is 2.24. The van der Waals surface area contributed by atoms with Crippen molar-refractivity contribution in [2.75, 3.05) is 13.6 Å². The third-order valence-electron chi connectivity index (χ3n) is 4.73. The molecule has 0 radical (unpaired) electrons. The largest absolute Gasteiger partial charge is 0.344 e. The minimum absolute atomic E-state index is 0.134. The van der Waals surface area contributed by atoms with Gasteiger partial charge in [0, 0.05) is 37.5 Å². The second-order valence-electron chi connectivity index (χ2n) is 7.56. The summed E-state index contributed by atoms with van der Waals surface area (Å²) in [6.45, 7) is 4.54. The van der Waals surface area contributed by atoms with Gasteiger partial charge in [0.15, 0.2) is 0 Å². The Kier molecular flexibility index (Phi) is 6.32. The number of carbonyl (C=O) groups is 1. The number of nitrogens with zero attached hydrogens (tertiary/aromatic N) is 3. The Labute approximate surface area is 171 Å². The summed E-state index contributed by atoms with van der Waals surface area (Å²) in [6.07, 6.45) is 2.90. The summed E-state index contributed by atoms with van der Waals surface area (Å²) in [5.74, 6) is 0.328. The fraction of sp³-hybridized carbons (Fsp3) is 0.381. The number of benzene rings is 1. The molecule has 1 aromatic heterocycles. The number of rotatable bonds is 7. The van der Waals surface area contributed by atoms with Crippen molar-refractivity contribution in [2.45, 2.75) is 37.6 Å². The lowest BCUT2D eigenvalue weighted by Gasteiger charge is -2.23. The van der Waals surface area contributed by atoms with E-state index in [1.54, 1.807) is 42.4 Å². The van der Waals surface area contributed by atoms with Gasteiger partial charge in [0.25, 0.3) is 10.0 Å². The third-order valence-corrected chi connectivity index (χ3v) is 6.13. The van der Waals surface area contributed by atoms with Crippen LogP contribution in [0.2, 0.25) is 0 Å². The monoisotopic (exact) mass is 414 g/mol. The molecule has 0 bridgehead atoms. The lowest BCUT2D eigenvalue weighted by Crippen LogP contribution is -2.39. The maximum atomic E-state index is 13.1. The minimum Gasteiger partial charge on any atom is -0.344 e. The van der Waals surface area contributed by atoms with Gasteiger partial charge in [-0.25, -0.2) is 8.42 Å². The van der Waals surface area contributed by atoms with Gasteiger partial charge in [-0.2, -0.15) is 0 Å². The highest BCUT2D eigenvalue weighted by atomic mass is 32.2. The van der Waals surface area contributed by atoms with Crippen molar-refractivity contribution in [3.8, 4) is 0 Å². The molecule has 0 fully saturated rings. The summed E-state index contributed by atoms with van der Waals surface area (Å²) in [4.78, 5) is 23.7. The topological polar surface area (TPSA) is 91.7 Å². The Morgan fingerprint density at radius 1 is 1.17 bits per heavy atom. The van der Waals surface area contributed by atoms with Crippen LogP contribution in [0.25, 0.3) is 0 Å². The molecule has 0 spiro atoms. The standard InChI is InChI=1S/C21H26N4O3S/c1-15(2)14-18(21(26)25(3)13-11-16-8-6-7-12-22-16)23-20-17-9-4-5-10-19(17)29(27,28)24-20/h4-10,12,15,18H,11,13-14H2,1-3H3,(H,23,24). The number of nitrogens with one attached hydrogen (secondary N) is 1. The highest BCUT2D eigenvalue weighted by Crippen LogP contribution is 2.23. The second kappa shape index (κ2) is 8.73. The summed E-state index contributed by atoms with van der Waals surface area (Å²) in [7, 11) is -1.89. The molecule has 1 unspecified atom stereocenters. The van der Waals surface area contributed by atoms with Crippen molar-refractivity contribution in [3.63, 3.8) is 0 Å². The van der Waals surface area contributed by atoms with E-state index in [0.29, 0.717) is 24.9 Å². The quantitative estimate of drug-likeness (QED) is 0.752. The zero-order valence-corrected chi connectivity index (χ0v) is 17.7. The summed E-state index contributed by atoms with van der Waals surface area (Å²) < 4.78 is 27.2. The number of sulfonamides is 1. The van der Waals surface area contributed by atoms with Crippen LogP contribution in [0.3, 0.4) is 0 Å². The van der Waals surface area contributed by atoms with Crippen LogP contribution < -0.4 is 4.72 Å². The lowest BCUT2D eigenvalue weighted by atomic mass is 10.0. The van der Waals surface area contributed by atoms with E-state index in [1.807, 2.05) is 32.0 Å². The molecule has 29 heavy (non-hydrogen) atoms. The van der Waals surface area contributed by atoms with E-state index in [2.05, 4.69) is 14.7 Å². The van der Waals surface area contributed by atoms with Crippen LogP contribution in [-0.4, -0.2) is 49.7 Å². The second-order valence-corrected chi connectivity index (χ2v) is 9.21. The maximum Gasteiger partial charge on any atom is 0.263 e. The van der Waals surface area contributed by atoms with Crippen molar-refractivity contribution >= 4 is 21.8 Å². The van der Waals surface area contributed by atoms with Crippen LogP contribution in [0, 0.1) is 5.92 Å². The normalized spacial score (nSPS) is 17.0. The molecular formula is C21H26N4O3S. The molecular weight excluding hydrogens is 388 g/mol. The third kappa shape index (κ3) is 5.00. The molecule has 3 rings (SSSR count). The van der Waals surface area contributed by atoms with Crippen molar-refractivity contribution in [1.29, 1.82) is 0 Å². The molecule has 0 saturated heterocycles. The summed E-state index contributed by atoms with van der Waals surface area (Å²) in [5, 5.41) is 0. The Morgan fingerprint density at radius 3 is 2.59 bits per heavy atom. The van der Waals surface area contributed by atoms with Crippen LogP contribution >= 0.6 is 0 Å². The summed E-state index contributed by atoms with van der Waals surface area (Å²) in [5.41, 5.74) is 1.42. The number of amides is 1. The van der Waals surface area contributed by atoms with Gasteiger partial charge in [-0.05, 0) is 36.6 Å². The van der Waals surface area contributed by atoms with Crippen LogP contribution in [0.15, 0.2) is 58.5 Å². The molecule has 1 aliphatic heterocycles. The Balaban J connectivity index is 1.81. The van der Waals surface area contributed by atoms with Gasteiger partial charge in [0.1, 0.15) is 11.9 Å². The predicted molar refractivity (Wildman–Crippen MR) is 112 cm³/mol. The van der Waals surface area contributed by atoms with Gasteiger partial charge in [-0.1, -0.05) is 32.0 Å². The minimum atomic E-state index is -3.64. The van der Waals surface area contributed by atoms with E-state index in [9.17, 15) is 13.2 Å². The fourth-order valence-electron chi connectivity index (χ4n) is 3.23. The van der Waals surface area contributed by atoms with Gasteiger partial charge < -0.3 is 4.90 Å². The zero-order chi connectivity index (χ0) is 21.0. The Bertz CT molecular complexity index is 1000. The molecule has 1 atom stereocenters. The van der Waals surface area contributed by atoms with Crippen LogP contribution in [0.5, 0.6) is 0 Å². The Hall–Kier alpha value is -2.74. The van der Waals surface area contributed by atoms with Gasteiger partial charge >= 0.3 is 0 Å². The number of aromatic nitrogens is 1. The molecule has 0 aliphatic carbocycles. The molecule has 0 saturated carbocycles. The summed E-state index contributed by atoms with van der Waals surface area (Å²) >= 11 is 0. The maximum absolute atomic E-state index is 13.1. The Morgan fingerprint density at radius 2 is 1.90 bits per heavy atom. The molecule has 1 amide bonds. The van der Waals surface area contributed by atoms with E-state index in [4.69, 9.17) is 0 Å².